The van der Waals surface area contributed by atoms with Crippen molar-refractivity contribution in [3.05, 3.63) is 57.6 Å². The molecule has 2 aromatic rings. The maximum atomic E-state index is 11.5. The Labute approximate surface area is 142 Å². The Kier molecular flexibility index (Phi) is 5.76. The van der Waals surface area contributed by atoms with Crippen LogP contribution < -0.4 is 9.47 Å². The third-order valence-corrected chi connectivity index (χ3v) is 3.84. The second-order valence-corrected chi connectivity index (χ2v) is 5.48. The third-order valence-electron chi connectivity index (χ3n) is 3.15. The first-order valence-corrected chi connectivity index (χ1v) is 7.51. The van der Waals surface area contributed by atoms with Crippen molar-refractivity contribution in [1.82, 2.24) is 0 Å². The summed E-state index contributed by atoms with van der Waals surface area (Å²) in [4.78, 5) is 22.6. The van der Waals surface area contributed by atoms with Crippen LogP contribution in [-0.2, 0) is 11.3 Å². The zero-order valence-electron chi connectivity index (χ0n) is 12.7. The van der Waals surface area contributed by atoms with Crippen molar-refractivity contribution in [1.29, 1.82) is 0 Å². The molecular formula is C17H15BrO5. The molecule has 0 radical (unpaired) electrons. The number of hydrogen-bond donors (Lipinski definition) is 0. The van der Waals surface area contributed by atoms with Crippen molar-refractivity contribution in [2.24, 2.45) is 0 Å². The van der Waals surface area contributed by atoms with Crippen LogP contribution in [0.2, 0.25) is 0 Å². The molecule has 0 heterocycles. The number of rotatable bonds is 6. The highest BCUT2D eigenvalue weighted by Crippen LogP contribution is 2.33. The minimum Gasteiger partial charge on any atom is -0.493 e. The van der Waals surface area contributed by atoms with E-state index >= 15 is 0 Å². The van der Waals surface area contributed by atoms with E-state index in [0.717, 1.165) is 11.8 Å². The topological polar surface area (TPSA) is 61.8 Å². The fourth-order valence-electron chi connectivity index (χ4n) is 1.98. The normalized spacial score (nSPS) is 10.0. The molecule has 0 aliphatic carbocycles. The zero-order chi connectivity index (χ0) is 16.8. The summed E-state index contributed by atoms with van der Waals surface area (Å²) in [6.45, 7) is 0.223. The molecule has 120 valence electrons. The van der Waals surface area contributed by atoms with E-state index in [2.05, 4.69) is 15.9 Å². The van der Waals surface area contributed by atoms with Gasteiger partial charge >= 0.3 is 5.97 Å². The largest absolute Gasteiger partial charge is 0.493 e. The van der Waals surface area contributed by atoms with Crippen molar-refractivity contribution in [3.63, 3.8) is 0 Å². The zero-order valence-corrected chi connectivity index (χ0v) is 14.3. The standard InChI is InChI=1S/C17H15BrO5/c1-21-15-8-14(18)13(9-19)7-16(15)23-10-11-4-3-5-12(6-11)17(20)22-2/h3-9H,10H2,1-2H3. The molecule has 0 aromatic heterocycles. The van der Waals surface area contributed by atoms with Gasteiger partial charge in [0, 0.05) is 10.0 Å². The Balaban J connectivity index is 2.20. The average Bonchev–Trinajstić information content (AvgIpc) is 2.59. The second-order valence-electron chi connectivity index (χ2n) is 4.62. The lowest BCUT2D eigenvalue weighted by Gasteiger charge is -2.12. The van der Waals surface area contributed by atoms with Gasteiger partial charge in [0.05, 0.1) is 19.8 Å². The number of hydrogen-bond acceptors (Lipinski definition) is 5. The van der Waals surface area contributed by atoms with Crippen LogP contribution in [0.15, 0.2) is 40.9 Å². The van der Waals surface area contributed by atoms with Crippen LogP contribution in [0.1, 0.15) is 26.3 Å². The maximum Gasteiger partial charge on any atom is 0.337 e. The number of ether oxygens (including phenoxy) is 3. The van der Waals surface area contributed by atoms with Gasteiger partial charge < -0.3 is 14.2 Å². The van der Waals surface area contributed by atoms with Crippen LogP contribution in [0.3, 0.4) is 0 Å². The van der Waals surface area contributed by atoms with Gasteiger partial charge in [-0.2, -0.15) is 0 Å². The number of methoxy groups -OCH3 is 2. The van der Waals surface area contributed by atoms with Crippen molar-refractivity contribution in [2.45, 2.75) is 6.61 Å². The fourth-order valence-corrected chi connectivity index (χ4v) is 2.40. The lowest BCUT2D eigenvalue weighted by Crippen LogP contribution is -2.03. The number of benzene rings is 2. The van der Waals surface area contributed by atoms with E-state index < -0.39 is 5.97 Å². The van der Waals surface area contributed by atoms with E-state index in [1.807, 2.05) is 6.07 Å². The van der Waals surface area contributed by atoms with Gasteiger partial charge in [0.25, 0.3) is 0 Å². The molecule has 2 rings (SSSR count). The summed E-state index contributed by atoms with van der Waals surface area (Å²) in [7, 11) is 2.85. The van der Waals surface area contributed by atoms with Crippen molar-refractivity contribution in [3.8, 4) is 11.5 Å². The smallest absolute Gasteiger partial charge is 0.337 e. The predicted octanol–water partition coefficient (Wildman–Crippen LogP) is 3.64. The molecule has 6 heteroatoms. The highest BCUT2D eigenvalue weighted by molar-refractivity contribution is 9.10. The molecule has 0 N–H and O–H groups in total. The molecular weight excluding hydrogens is 364 g/mol. The Morgan fingerprint density at radius 1 is 1.17 bits per heavy atom. The molecule has 0 saturated heterocycles. The minimum atomic E-state index is -0.406. The highest BCUT2D eigenvalue weighted by atomic mass is 79.9. The monoisotopic (exact) mass is 378 g/mol. The summed E-state index contributed by atoms with van der Waals surface area (Å²) in [6, 6.07) is 10.2. The molecule has 5 nitrogen and oxygen atoms in total. The molecule has 2 aromatic carbocycles. The van der Waals surface area contributed by atoms with E-state index in [9.17, 15) is 9.59 Å². The summed E-state index contributed by atoms with van der Waals surface area (Å²) in [5.41, 5.74) is 1.71. The van der Waals surface area contributed by atoms with Gasteiger partial charge in [-0.25, -0.2) is 4.79 Å². The van der Waals surface area contributed by atoms with Gasteiger partial charge in [-0.3, -0.25) is 4.79 Å². The molecule has 23 heavy (non-hydrogen) atoms. The van der Waals surface area contributed by atoms with E-state index in [1.165, 1.54) is 14.2 Å². The summed E-state index contributed by atoms with van der Waals surface area (Å²) < 4.78 is 16.3. The van der Waals surface area contributed by atoms with E-state index in [1.54, 1.807) is 30.3 Å². The van der Waals surface area contributed by atoms with Gasteiger partial charge in [-0.1, -0.05) is 12.1 Å². The lowest BCUT2D eigenvalue weighted by atomic mass is 10.1. The van der Waals surface area contributed by atoms with Gasteiger partial charge in [-0.05, 0) is 45.8 Å². The van der Waals surface area contributed by atoms with Crippen LogP contribution in [0.4, 0.5) is 0 Å². The van der Waals surface area contributed by atoms with Crippen LogP contribution in [0.25, 0.3) is 0 Å². The molecule has 0 unspecified atom stereocenters. The second kappa shape index (κ2) is 7.78. The minimum absolute atomic E-state index is 0.223. The molecule has 0 spiro atoms. The van der Waals surface area contributed by atoms with Crippen LogP contribution in [0, 0.1) is 0 Å². The molecule has 0 aliphatic heterocycles. The number of aldehydes is 1. The highest BCUT2D eigenvalue weighted by Gasteiger charge is 2.11. The molecule has 0 amide bonds. The number of carbonyl (C=O) groups is 2. The number of halogens is 1. The number of esters is 1. The van der Waals surface area contributed by atoms with Crippen LogP contribution in [0.5, 0.6) is 11.5 Å². The van der Waals surface area contributed by atoms with Crippen LogP contribution in [-0.4, -0.2) is 26.5 Å². The summed E-state index contributed by atoms with van der Waals surface area (Å²) in [5.74, 6) is 0.546. The molecule has 0 atom stereocenters. The van der Waals surface area contributed by atoms with Gasteiger partial charge in [0.2, 0.25) is 0 Å². The summed E-state index contributed by atoms with van der Waals surface area (Å²) in [6.07, 6.45) is 0.730. The molecule has 0 bridgehead atoms. The maximum absolute atomic E-state index is 11.5. The fraction of sp³-hybridized carbons (Fsp3) is 0.176. The first-order valence-electron chi connectivity index (χ1n) is 6.71. The van der Waals surface area contributed by atoms with Gasteiger partial charge in [0.1, 0.15) is 6.61 Å². The van der Waals surface area contributed by atoms with Crippen molar-refractivity contribution < 1.29 is 23.8 Å². The summed E-state index contributed by atoms with van der Waals surface area (Å²) >= 11 is 3.29. The summed E-state index contributed by atoms with van der Waals surface area (Å²) in [5, 5.41) is 0. The third kappa shape index (κ3) is 4.10. The Morgan fingerprint density at radius 3 is 2.61 bits per heavy atom. The Bertz CT molecular complexity index is 727. The van der Waals surface area contributed by atoms with Crippen LogP contribution >= 0.6 is 15.9 Å². The first-order chi connectivity index (χ1) is 11.1. The number of carbonyl (C=O) groups excluding carboxylic acids is 2. The predicted molar refractivity (Wildman–Crippen MR) is 88.2 cm³/mol. The first kappa shape index (κ1) is 17.0. The van der Waals surface area contributed by atoms with E-state index in [-0.39, 0.29) is 6.61 Å². The SMILES string of the molecule is COC(=O)c1cccc(COc2cc(C=O)c(Br)cc2OC)c1. The van der Waals surface area contributed by atoms with E-state index in [0.29, 0.717) is 27.1 Å². The Hall–Kier alpha value is -2.34. The molecule has 0 saturated carbocycles. The van der Waals surface area contributed by atoms with Gasteiger partial charge in [0.15, 0.2) is 17.8 Å². The quantitative estimate of drug-likeness (QED) is 0.567. The van der Waals surface area contributed by atoms with Crippen molar-refractivity contribution >= 4 is 28.2 Å². The molecule has 0 fully saturated rings. The molecule has 0 aliphatic rings. The Morgan fingerprint density at radius 2 is 1.96 bits per heavy atom. The van der Waals surface area contributed by atoms with E-state index in [4.69, 9.17) is 14.2 Å². The lowest BCUT2D eigenvalue weighted by molar-refractivity contribution is 0.0600. The van der Waals surface area contributed by atoms with Gasteiger partial charge in [-0.15, -0.1) is 0 Å². The van der Waals surface area contributed by atoms with Crippen molar-refractivity contribution in [2.75, 3.05) is 14.2 Å². The average molecular weight is 379 g/mol.